The molecule has 1 saturated carbocycles. The normalized spacial score (nSPS) is 24.1. The van der Waals surface area contributed by atoms with Crippen molar-refractivity contribution in [2.75, 3.05) is 11.4 Å². The predicted octanol–water partition coefficient (Wildman–Crippen LogP) is 3.99. The van der Waals surface area contributed by atoms with Gasteiger partial charge in [0.15, 0.2) is 0 Å². The number of hydrogen-bond donors (Lipinski definition) is 2. The Hall–Kier alpha value is -2.30. The monoisotopic (exact) mass is 484 g/mol. The molecule has 33 heavy (non-hydrogen) atoms. The Morgan fingerprint density at radius 1 is 1.00 bits per heavy atom. The summed E-state index contributed by atoms with van der Waals surface area (Å²) in [5.41, 5.74) is 2.31. The molecule has 2 aromatic carbocycles. The molecule has 0 bridgehead atoms. The number of para-hydroxylation sites is 1. The number of ether oxygens (including phenoxy) is 1. The number of anilines is 1. The SMILES string of the molecule is O=S(=O)(NC1CCCC(N2CCCCc3ccccc32)[C@@H]1O)c1ccc(OC(F)(F)F)cc1. The summed E-state index contributed by atoms with van der Waals surface area (Å²) in [7, 11) is -4.04. The van der Waals surface area contributed by atoms with Gasteiger partial charge in [0.2, 0.25) is 10.0 Å². The van der Waals surface area contributed by atoms with Crippen LogP contribution in [0.4, 0.5) is 18.9 Å². The number of sulfonamides is 1. The van der Waals surface area contributed by atoms with Crippen LogP contribution >= 0.6 is 0 Å². The van der Waals surface area contributed by atoms with E-state index in [0.717, 1.165) is 68.6 Å². The van der Waals surface area contributed by atoms with Gasteiger partial charge < -0.3 is 14.7 Å². The first-order valence-corrected chi connectivity index (χ1v) is 12.5. The standard InChI is InChI=1S/C23H27F3N2O4S/c24-23(25,26)32-17-11-13-18(14-12-17)33(30,31)27-19-8-5-10-21(22(19)29)28-15-4-3-7-16-6-1-2-9-20(16)28/h1-2,6,9,11-14,19,21-22,27,29H,3-5,7-8,10,15H2/t19?,21?,22-/m1/s1. The number of halogens is 3. The van der Waals surface area contributed by atoms with Crippen molar-refractivity contribution in [1.82, 2.24) is 4.72 Å². The average molecular weight is 485 g/mol. The molecule has 6 nitrogen and oxygen atoms in total. The molecule has 1 aliphatic heterocycles. The van der Waals surface area contributed by atoms with E-state index in [9.17, 15) is 26.7 Å². The number of aryl methyl sites for hydroxylation is 1. The molecule has 180 valence electrons. The Kier molecular flexibility index (Phi) is 6.88. The van der Waals surface area contributed by atoms with Crippen LogP contribution in [0.2, 0.25) is 0 Å². The fraction of sp³-hybridized carbons (Fsp3) is 0.478. The van der Waals surface area contributed by atoms with Gasteiger partial charge in [-0.25, -0.2) is 13.1 Å². The first-order chi connectivity index (χ1) is 15.6. The molecule has 1 fully saturated rings. The second-order valence-electron chi connectivity index (χ2n) is 8.52. The highest BCUT2D eigenvalue weighted by Gasteiger charge is 2.38. The van der Waals surface area contributed by atoms with Crippen LogP contribution in [-0.4, -0.2) is 44.6 Å². The van der Waals surface area contributed by atoms with Crippen LogP contribution < -0.4 is 14.4 Å². The number of benzene rings is 2. The number of fused-ring (bicyclic) bond motifs is 1. The van der Waals surface area contributed by atoms with E-state index in [2.05, 4.69) is 20.4 Å². The smallest absolute Gasteiger partial charge is 0.406 e. The van der Waals surface area contributed by atoms with Gasteiger partial charge in [0, 0.05) is 12.2 Å². The van der Waals surface area contributed by atoms with Gasteiger partial charge in [0.05, 0.1) is 23.1 Å². The Balaban J connectivity index is 1.50. The third-order valence-corrected chi connectivity index (χ3v) is 7.80. The average Bonchev–Trinajstić information content (AvgIpc) is 2.97. The van der Waals surface area contributed by atoms with Gasteiger partial charge in [-0.2, -0.15) is 0 Å². The lowest BCUT2D eigenvalue weighted by Gasteiger charge is -2.43. The van der Waals surface area contributed by atoms with E-state index in [1.165, 1.54) is 5.56 Å². The zero-order valence-corrected chi connectivity index (χ0v) is 18.8. The summed E-state index contributed by atoms with van der Waals surface area (Å²) < 4.78 is 69.2. The highest BCUT2D eigenvalue weighted by Crippen LogP contribution is 2.34. The van der Waals surface area contributed by atoms with Crippen LogP contribution in [0.5, 0.6) is 5.75 Å². The molecule has 0 aromatic heterocycles. The third kappa shape index (κ3) is 5.62. The molecule has 4 rings (SSSR count). The number of rotatable bonds is 5. The summed E-state index contributed by atoms with van der Waals surface area (Å²) in [5.74, 6) is -0.501. The maximum atomic E-state index is 12.9. The van der Waals surface area contributed by atoms with E-state index in [0.29, 0.717) is 6.42 Å². The third-order valence-electron chi connectivity index (χ3n) is 6.29. The van der Waals surface area contributed by atoms with E-state index in [4.69, 9.17) is 0 Å². The van der Waals surface area contributed by atoms with Crippen molar-refractivity contribution in [3.05, 3.63) is 54.1 Å². The molecule has 0 radical (unpaired) electrons. The molecule has 2 unspecified atom stereocenters. The summed E-state index contributed by atoms with van der Waals surface area (Å²) in [6.07, 6.45) is -0.801. The minimum absolute atomic E-state index is 0.188. The summed E-state index contributed by atoms with van der Waals surface area (Å²) in [4.78, 5) is 2.02. The number of nitrogens with one attached hydrogen (secondary N) is 1. The highest BCUT2D eigenvalue weighted by atomic mass is 32.2. The Bertz CT molecular complexity index is 1060. The number of hydrogen-bond acceptors (Lipinski definition) is 5. The van der Waals surface area contributed by atoms with Gasteiger partial charge in [-0.1, -0.05) is 18.2 Å². The van der Waals surface area contributed by atoms with Crippen LogP contribution in [0.25, 0.3) is 0 Å². The van der Waals surface area contributed by atoms with Crippen molar-refractivity contribution in [3.63, 3.8) is 0 Å². The Morgan fingerprint density at radius 2 is 1.73 bits per heavy atom. The molecule has 2 aliphatic rings. The first kappa shape index (κ1) is 23.8. The van der Waals surface area contributed by atoms with Gasteiger partial charge in [-0.3, -0.25) is 0 Å². The van der Waals surface area contributed by atoms with Gasteiger partial charge in [0.25, 0.3) is 0 Å². The summed E-state index contributed by atoms with van der Waals surface area (Å²) >= 11 is 0. The molecular formula is C23H27F3N2O4S. The van der Waals surface area contributed by atoms with Crippen molar-refractivity contribution < 1.29 is 31.4 Å². The Morgan fingerprint density at radius 3 is 2.45 bits per heavy atom. The van der Waals surface area contributed by atoms with E-state index >= 15 is 0 Å². The van der Waals surface area contributed by atoms with E-state index in [1.807, 2.05) is 18.2 Å². The molecular weight excluding hydrogens is 457 g/mol. The molecule has 1 aliphatic carbocycles. The minimum Gasteiger partial charge on any atom is -0.406 e. The zero-order chi connectivity index (χ0) is 23.6. The quantitative estimate of drug-likeness (QED) is 0.671. The fourth-order valence-corrected chi connectivity index (χ4v) is 6.06. The van der Waals surface area contributed by atoms with Crippen molar-refractivity contribution in [2.24, 2.45) is 0 Å². The van der Waals surface area contributed by atoms with Crippen molar-refractivity contribution in [1.29, 1.82) is 0 Å². The lowest BCUT2D eigenvalue weighted by Crippen LogP contribution is -2.57. The van der Waals surface area contributed by atoms with Crippen molar-refractivity contribution in [2.45, 2.75) is 68.0 Å². The molecule has 2 aromatic rings. The molecule has 10 heteroatoms. The maximum Gasteiger partial charge on any atom is 0.573 e. The first-order valence-electron chi connectivity index (χ1n) is 11.0. The molecule has 0 spiro atoms. The Labute approximate surface area is 191 Å². The van der Waals surface area contributed by atoms with Gasteiger partial charge in [-0.05, 0) is 74.4 Å². The lowest BCUT2D eigenvalue weighted by molar-refractivity contribution is -0.274. The molecule has 0 saturated heterocycles. The number of aliphatic hydroxyl groups is 1. The van der Waals surface area contributed by atoms with Crippen molar-refractivity contribution in [3.8, 4) is 5.75 Å². The molecule has 2 N–H and O–H groups in total. The number of alkyl halides is 3. The summed E-state index contributed by atoms with van der Waals surface area (Å²) in [5, 5.41) is 11.2. The highest BCUT2D eigenvalue weighted by molar-refractivity contribution is 7.89. The maximum absolute atomic E-state index is 12.9. The zero-order valence-electron chi connectivity index (χ0n) is 18.0. The molecule has 3 atom stereocenters. The van der Waals surface area contributed by atoms with Crippen LogP contribution in [0.1, 0.15) is 37.7 Å². The topological polar surface area (TPSA) is 78.9 Å². The lowest BCUT2D eigenvalue weighted by atomic mass is 9.87. The fourth-order valence-electron chi connectivity index (χ4n) is 4.78. The van der Waals surface area contributed by atoms with Crippen LogP contribution in [0, 0.1) is 0 Å². The van der Waals surface area contributed by atoms with Crippen LogP contribution in [0.15, 0.2) is 53.4 Å². The van der Waals surface area contributed by atoms with Crippen LogP contribution in [-0.2, 0) is 16.4 Å². The van der Waals surface area contributed by atoms with Gasteiger partial charge in [-0.15, -0.1) is 13.2 Å². The molecule has 1 heterocycles. The second-order valence-corrected chi connectivity index (χ2v) is 10.2. The number of aliphatic hydroxyl groups excluding tert-OH is 1. The van der Waals surface area contributed by atoms with E-state index in [1.54, 1.807) is 0 Å². The second kappa shape index (κ2) is 9.52. The van der Waals surface area contributed by atoms with Crippen LogP contribution in [0.3, 0.4) is 0 Å². The van der Waals surface area contributed by atoms with E-state index in [-0.39, 0.29) is 10.9 Å². The number of nitrogens with zero attached hydrogens (tertiary/aromatic N) is 1. The van der Waals surface area contributed by atoms with Gasteiger partial charge >= 0.3 is 6.36 Å². The summed E-state index contributed by atoms with van der Waals surface area (Å²) in [6.45, 7) is 0.791. The van der Waals surface area contributed by atoms with Gasteiger partial charge in [0.1, 0.15) is 5.75 Å². The molecule has 0 amide bonds. The van der Waals surface area contributed by atoms with E-state index < -0.39 is 34.3 Å². The largest absolute Gasteiger partial charge is 0.573 e. The predicted molar refractivity (Wildman–Crippen MR) is 118 cm³/mol. The van der Waals surface area contributed by atoms with Crippen molar-refractivity contribution >= 4 is 15.7 Å². The minimum atomic E-state index is -4.86. The summed E-state index contributed by atoms with van der Waals surface area (Å²) in [6, 6.07) is 11.2.